The van der Waals surface area contributed by atoms with Gasteiger partial charge in [0.2, 0.25) is 0 Å². The van der Waals surface area contributed by atoms with Crippen molar-refractivity contribution in [3.63, 3.8) is 0 Å². The number of rotatable bonds is 4. The minimum atomic E-state index is -1.18. The van der Waals surface area contributed by atoms with E-state index < -0.39 is 6.09 Å². The first-order chi connectivity index (χ1) is 12.5. The first kappa shape index (κ1) is 17.3. The first-order valence-corrected chi connectivity index (χ1v) is 8.11. The van der Waals surface area contributed by atoms with E-state index in [-0.39, 0.29) is 11.6 Å². The standard InChI is InChI=1S/C19H18N4O3/c1-12(2)23-17(24)9-8-16(22-23)15-10-14(21-19(25)26)11-20-18(15)13-6-4-3-5-7-13/h3-12,21H,1-2H3,(H,25,26). The zero-order chi connectivity index (χ0) is 18.7. The second-order valence-corrected chi connectivity index (χ2v) is 6.01. The number of carboxylic acid groups (broad SMARTS) is 1. The maximum atomic E-state index is 12.0. The molecule has 0 fully saturated rings. The topological polar surface area (TPSA) is 97.1 Å². The van der Waals surface area contributed by atoms with Crippen LogP contribution in [0.25, 0.3) is 22.5 Å². The molecule has 0 bridgehead atoms. The van der Waals surface area contributed by atoms with Crippen molar-refractivity contribution >= 4 is 11.8 Å². The maximum absolute atomic E-state index is 12.0. The fraction of sp³-hybridized carbons (Fsp3) is 0.158. The van der Waals surface area contributed by atoms with E-state index >= 15 is 0 Å². The summed E-state index contributed by atoms with van der Waals surface area (Å²) in [6.45, 7) is 3.74. The summed E-state index contributed by atoms with van der Waals surface area (Å²) in [7, 11) is 0. The second kappa shape index (κ2) is 7.18. The number of nitrogens with zero attached hydrogens (tertiary/aromatic N) is 3. The lowest BCUT2D eigenvalue weighted by atomic mass is 10.0. The van der Waals surface area contributed by atoms with Gasteiger partial charge in [-0.15, -0.1) is 0 Å². The quantitative estimate of drug-likeness (QED) is 0.749. The predicted octanol–water partition coefficient (Wildman–Crippen LogP) is 3.64. The lowest BCUT2D eigenvalue weighted by molar-refractivity contribution is 0.209. The fourth-order valence-corrected chi connectivity index (χ4v) is 2.62. The van der Waals surface area contributed by atoms with Crippen LogP contribution < -0.4 is 10.9 Å². The van der Waals surface area contributed by atoms with Crippen molar-refractivity contribution in [3.05, 3.63) is 65.1 Å². The van der Waals surface area contributed by atoms with E-state index in [2.05, 4.69) is 15.4 Å². The third-order valence-electron chi connectivity index (χ3n) is 3.78. The van der Waals surface area contributed by atoms with Crippen molar-refractivity contribution in [1.29, 1.82) is 0 Å². The Hall–Kier alpha value is -3.48. The Morgan fingerprint density at radius 1 is 1.15 bits per heavy atom. The van der Waals surface area contributed by atoms with Gasteiger partial charge in [0.15, 0.2) is 0 Å². The highest BCUT2D eigenvalue weighted by Crippen LogP contribution is 2.31. The summed E-state index contributed by atoms with van der Waals surface area (Å²) in [5.74, 6) is 0. The Morgan fingerprint density at radius 3 is 2.54 bits per heavy atom. The number of pyridine rings is 1. The van der Waals surface area contributed by atoms with Crippen molar-refractivity contribution in [2.45, 2.75) is 19.9 Å². The SMILES string of the molecule is CC(C)n1nc(-c2cc(NC(=O)O)cnc2-c2ccccc2)ccc1=O. The molecule has 3 aromatic rings. The van der Waals surface area contributed by atoms with E-state index in [0.29, 0.717) is 22.6 Å². The Morgan fingerprint density at radius 2 is 1.88 bits per heavy atom. The van der Waals surface area contributed by atoms with Gasteiger partial charge in [0.05, 0.1) is 29.3 Å². The average Bonchev–Trinajstić information content (AvgIpc) is 2.62. The maximum Gasteiger partial charge on any atom is 0.409 e. The summed E-state index contributed by atoms with van der Waals surface area (Å²) in [6, 6.07) is 14.2. The molecule has 0 saturated carbocycles. The molecule has 2 heterocycles. The molecule has 0 saturated heterocycles. The summed E-state index contributed by atoms with van der Waals surface area (Å²) in [4.78, 5) is 27.4. The molecule has 3 rings (SSSR count). The lowest BCUT2D eigenvalue weighted by Gasteiger charge is -2.13. The van der Waals surface area contributed by atoms with Gasteiger partial charge in [0.1, 0.15) is 0 Å². The van der Waals surface area contributed by atoms with E-state index in [4.69, 9.17) is 5.11 Å². The van der Waals surface area contributed by atoms with Crippen LogP contribution >= 0.6 is 0 Å². The molecular weight excluding hydrogens is 332 g/mol. The van der Waals surface area contributed by atoms with Gasteiger partial charge in [-0.05, 0) is 26.0 Å². The van der Waals surface area contributed by atoms with Crippen LogP contribution in [0.2, 0.25) is 0 Å². The third-order valence-corrected chi connectivity index (χ3v) is 3.78. The number of carbonyl (C=O) groups is 1. The lowest BCUT2D eigenvalue weighted by Crippen LogP contribution is -2.24. The fourth-order valence-electron chi connectivity index (χ4n) is 2.62. The number of nitrogens with one attached hydrogen (secondary N) is 1. The summed E-state index contributed by atoms with van der Waals surface area (Å²) in [5.41, 5.74) is 2.83. The molecule has 132 valence electrons. The van der Waals surface area contributed by atoms with Crippen molar-refractivity contribution in [1.82, 2.24) is 14.8 Å². The van der Waals surface area contributed by atoms with Crippen LogP contribution in [-0.4, -0.2) is 26.0 Å². The van der Waals surface area contributed by atoms with E-state index in [1.54, 1.807) is 12.1 Å². The highest BCUT2D eigenvalue weighted by atomic mass is 16.4. The number of hydrogen-bond acceptors (Lipinski definition) is 4. The molecule has 7 heteroatoms. The van der Waals surface area contributed by atoms with Crippen LogP contribution in [0.4, 0.5) is 10.5 Å². The Labute approximate surface area is 150 Å². The van der Waals surface area contributed by atoms with Gasteiger partial charge < -0.3 is 5.11 Å². The molecule has 0 aliphatic heterocycles. The molecule has 0 atom stereocenters. The zero-order valence-corrected chi connectivity index (χ0v) is 14.4. The van der Waals surface area contributed by atoms with Crippen molar-refractivity contribution < 1.29 is 9.90 Å². The number of hydrogen-bond donors (Lipinski definition) is 2. The van der Waals surface area contributed by atoms with Gasteiger partial charge in [-0.2, -0.15) is 5.10 Å². The van der Waals surface area contributed by atoms with Gasteiger partial charge >= 0.3 is 6.09 Å². The minimum Gasteiger partial charge on any atom is -0.465 e. The zero-order valence-electron chi connectivity index (χ0n) is 14.4. The number of amides is 1. The molecule has 7 nitrogen and oxygen atoms in total. The van der Waals surface area contributed by atoms with Gasteiger partial charge in [0, 0.05) is 17.2 Å². The van der Waals surface area contributed by atoms with Crippen LogP contribution in [0, 0.1) is 0 Å². The molecule has 0 unspecified atom stereocenters. The Bertz CT molecular complexity index is 997. The monoisotopic (exact) mass is 350 g/mol. The van der Waals surface area contributed by atoms with Crippen LogP contribution in [0.3, 0.4) is 0 Å². The molecule has 2 aromatic heterocycles. The largest absolute Gasteiger partial charge is 0.465 e. The van der Waals surface area contributed by atoms with E-state index in [9.17, 15) is 9.59 Å². The summed E-state index contributed by atoms with van der Waals surface area (Å²) in [5, 5.41) is 15.7. The number of anilines is 1. The minimum absolute atomic E-state index is 0.101. The van der Waals surface area contributed by atoms with E-state index in [1.807, 2.05) is 44.2 Å². The first-order valence-electron chi connectivity index (χ1n) is 8.11. The molecule has 1 aromatic carbocycles. The highest BCUT2D eigenvalue weighted by molar-refractivity contribution is 5.87. The van der Waals surface area contributed by atoms with Crippen molar-refractivity contribution in [3.8, 4) is 22.5 Å². The highest BCUT2D eigenvalue weighted by Gasteiger charge is 2.14. The molecule has 0 aliphatic carbocycles. The van der Waals surface area contributed by atoms with Gasteiger partial charge in [-0.25, -0.2) is 9.48 Å². The second-order valence-electron chi connectivity index (χ2n) is 6.01. The summed E-state index contributed by atoms with van der Waals surface area (Å²) in [6.07, 6.45) is 0.281. The summed E-state index contributed by atoms with van der Waals surface area (Å²) >= 11 is 0. The molecule has 2 N–H and O–H groups in total. The molecule has 1 amide bonds. The number of benzene rings is 1. The molecule has 0 radical (unpaired) electrons. The van der Waals surface area contributed by atoms with E-state index in [1.165, 1.54) is 16.9 Å². The third kappa shape index (κ3) is 3.61. The number of aromatic nitrogens is 3. The molecule has 0 spiro atoms. The predicted molar refractivity (Wildman–Crippen MR) is 99.2 cm³/mol. The van der Waals surface area contributed by atoms with Crippen molar-refractivity contribution in [2.75, 3.05) is 5.32 Å². The van der Waals surface area contributed by atoms with Gasteiger partial charge in [0.25, 0.3) is 5.56 Å². The summed E-state index contributed by atoms with van der Waals surface area (Å²) < 4.78 is 1.39. The van der Waals surface area contributed by atoms with Crippen LogP contribution in [0.1, 0.15) is 19.9 Å². The van der Waals surface area contributed by atoms with Crippen molar-refractivity contribution in [2.24, 2.45) is 0 Å². The smallest absolute Gasteiger partial charge is 0.409 e. The van der Waals surface area contributed by atoms with Gasteiger partial charge in [-0.3, -0.25) is 15.1 Å². The van der Waals surface area contributed by atoms with Crippen LogP contribution in [0.5, 0.6) is 0 Å². The van der Waals surface area contributed by atoms with Gasteiger partial charge in [-0.1, -0.05) is 30.3 Å². The average molecular weight is 350 g/mol. The Balaban J connectivity index is 2.21. The molecular formula is C19H18N4O3. The molecule has 0 aliphatic rings. The van der Waals surface area contributed by atoms with E-state index in [0.717, 1.165) is 5.56 Å². The van der Waals surface area contributed by atoms with Crippen LogP contribution in [-0.2, 0) is 0 Å². The molecule has 26 heavy (non-hydrogen) atoms. The van der Waals surface area contributed by atoms with Crippen LogP contribution in [0.15, 0.2) is 59.5 Å². The Kier molecular flexibility index (Phi) is 4.79. The normalized spacial score (nSPS) is 10.7.